The first-order valence-corrected chi connectivity index (χ1v) is 5.86. The Hall–Kier alpha value is -2.10. The lowest BCUT2D eigenvalue weighted by Gasteiger charge is -2.19. The Bertz CT molecular complexity index is 535. The molecule has 0 saturated heterocycles. The molecule has 96 valence electrons. The molecule has 0 heterocycles. The molecule has 0 spiro atoms. The quantitative estimate of drug-likeness (QED) is 0.588. The molecule has 0 aromatic heterocycles. The number of benzene rings is 1. The largest absolute Gasteiger partial charge is 0.106 e. The number of rotatable bonds is 0. The van der Waals surface area contributed by atoms with E-state index >= 15 is 0 Å². The third-order valence-corrected chi connectivity index (χ3v) is 2.21. The van der Waals surface area contributed by atoms with E-state index in [0.29, 0.717) is 0 Å². The molecule has 0 bridgehead atoms. The smallest absolute Gasteiger partial charge is 0 e. The van der Waals surface area contributed by atoms with Crippen molar-refractivity contribution in [3.05, 3.63) is 35.4 Å². The summed E-state index contributed by atoms with van der Waals surface area (Å²) in [7, 11) is 0. The molecule has 1 aromatic rings. The maximum Gasteiger partial charge on any atom is 0 e. The van der Waals surface area contributed by atoms with Crippen LogP contribution in [-0.4, -0.2) is 0 Å². The zero-order chi connectivity index (χ0) is 14.0. The van der Waals surface area contributed by atoms with E-state index < -0.39 is 0 Å². The highest BCUT2D eigenvalue weighted by atomic mass is 14.2. The molecule has 1 aromatic carbocycles. The minimum absolute atomic E-state index is 0. The van der Waals surface area contributed by atoms with E-state index in [9.17, 15) is 0 Å². The average molecular weight is 240 g/mol. The predicted molar refractivity (Wildman–Crippen MR) is 84.2 cm³/mol. The highest BCUT2D eigenvalue weighted by Crippen LogP contribution is 2.22. The first-order chi connectivity index (χ1) is 8.41. The van der Waals surface area contributed by atoms with E-state index in [1.165, 1.54) is 11.1 Å². The molecule has 0 unspecified atom stereocenters. The van der Waals surface area contributed by atoms with Gasteiger partial charge in [-0.05, 0) is 48.5 Å². The maximum absolute atomic E-state index is 4.78. The van der Waals surface area contributed by atoms with Gasteiger partial charge in [-0.3, -0.25) is 0 Å². The summed E-state index contributed by atoms with van der Waals surface area (Å²) in [6, 6.07) is 8.69. The highest BCUT2D eigenvalue weighted by molar-refractivity contribution is 5.33. The van der Waals surface area contributed by atoms with Crippen molar-refractivity contribution in [2.24, 2.45) is 0 Å². The second-order valence-electron chi connectivity index (χ2n) is 4.89. The van der Waals surface area contributed by atoms with Crippen LogP contribution in [0.3, 0.4) is 0 Å². The van der Waals surface area contributed by atoms with Crippen LogP contribution >= 0.6 is 0 Å². The van der Waals surface area contributed by atoms with E-state index in [4.69, 9.17) is 6.42 Å². The number of aryl methyl sites for hydroxylation is 1. The Morgan fingerprint density at radius 1 is 1.11 bits per heavy atom. The van der Waals surface area contributed by atoms with E-state index in [2.05, 4.69) is 81.6 Å². The fourth-order valence-electron chi connectivity index (χ4n) is 1.24. The van der Waals surface area contributed by atoms with Crippen LogP contribution in [0, 0.1) is 42.9 Å². The highest BCUT2D eigenvalue weighted by Gasteiger charge is 2.12. The Balaban J connectivity index is -0.000000286. The van der Waals surface area contributed by atoms with Gasteiger partial charge in [0.05, 0.1) is 0 Å². The van der Waals surface area contributed by atoms with Gasteiger partial charge in [-0.2, -0.15) is 0 Å². The van der Waals surface area contributed by atoms with Crippen LogP contribution in [0.25, 0.3) is 0 Å². The van der Waals surface area contributed by atoms with Gasteiger partial charge in [-0.1, -0.05) is 56.5 Å². The molecule has 18 heavy (non-hydrogen) atoms. The Morgan fingerprint density at radius 2 is 1.78 bits per heavy atom. The maximum atomic E-state index is 4.78. The summed E-state index contributed by atoms with van der Waals surface area (Å²) in [6.45, 7) is 10.6. The van der Waals surface area contributed by atoms with Gasteiger partial charge in [0.15, 0.2) is 0 Å². The van der Waals surface area contributed by atoms with Crippen LogP contribution in [0.2, 0.25) is 0 Å². The van der Waals surface area contributed by atoms with Crippen LogP contribution in [0.5, 0.6) is 0 Å². The molecule has 0 fully saturated rings. The number of terminal acetylenes is 1. The lowest BCUT2D eigenvalue weighted by atomic mass is 9.86. The van der Waals surface area contributed by atoms with Crippen LogP contribution in [0.4, 0.5) is 0 Å². The van der Waals surface area contributed by atoms with Crippen molar-refractivity contribution in [3.63, 3.8) is 0 Å². The fourth-order valence-corrected chi connectivity index (χ4v) is 1.24. The van der Waals surface area contributed by atoms with E-state index in [1.807, 2.05) is 0 Å². The van der Waals surface area contributed by atoms with Crippen molar-refractivity contribution >= 4 is 0 Å². The summed E-state index contributed by atoms with van der Waals surface area (Å²) in [5.41, 5.74) is 3.04. The van der Waals surface area contributed by atoms with Gasteiger partial charge in [-0.15, -0.1) is 6.42 Å². The minimum Gasteiger partial charge on any atom is -0.106 e. The average Bonchev–Trinajstić information content (AvgIpc) is 2.29. The van der Waals surface area contributed by atoms with Crippen LogP contribution < -0.4 is 0 Å². The topological polar surface area (TPSA) is 0 Å². The van der Waals surface area contributed by atoms with Crippen molar-refractivity contribution in [2.45, 2.75) is 40.0 Å². The molecule has 0 N–H and O–H groups in total. The molecule has 0 aliphatic heterocycles. The molecule has 0 amide bonds. The Morgan fingerprint density at radius 3 is 2.17 bits per heavy atom. The molecule has 0 aliphatic carbocycles. The van der Waals surface area contributed by atoms with Gasteiger partial charge in [0.2, 0.25) is 0 Å². The van der Waals surface area contributed by atoms with Crippen molar-refractivity contribution in [1.82, 2.24) is 0 Å². The van der Waals surface area contributed by atoms with Crippen molar-refractivity contribution in [2.75, 3.05) is 0 Å². The van der Waals surface area contributed by atoms with Crippen molar-refractivity contribution in [1.29, 1.82) is 0 Å². The molecule has 0 radical (unpaired) electrons. The minimum atomic E-state index is 0. The van der Waals surface area contributed by atoms with Gasteiger partial charge in [0.25, 0.3) is 0 Å². The predicted octanol–water partition coefficient (Wildman–Crippen LogP) is 4.43. The van der Waals surface area contributed by atoms with E-state index in [-0.39, 0.29) is 8.27 Å². The Labute approximate surface area is 115 Å². The van der Waals surface area contributed by atoms with Gasteiger partial charge >= 0.3 is 0 Å². The molecule has 0 heteroatoms. The number of hydrogen-bond acceptors (Lipinski definition) is 0. The third kappa shape index (κ3) is 7.22. The first kappa shape index (κ1) is 15.9. The van der Waals surface area contributed by atoms with Crippen LogP contribution in [0.15, 0.2) is 24.3 Å². The number of hydrogen-bond donors (Lipinski definition) is 0. The summed E-state index contributed by atoms with van der Waals surface area (Å²) in [5, 5.41) is 0. The second kappa shape index (κ2) is 8.06. The molecular formula is C18H24. The molecular weight excluding hydrogens is 216 g/mol. The van der Waals surface area contributed by atoms with Gasteiger partial charge in [-0.25, -0.2) is 0 Å². The fraction of sp³-hybridized carbons (Fsp3) is 0.333. The molecule has 1 rings (SSSR count). The summed E-state index contributed by atoms with van der Waals surface area (Å²) in [4.78, 5) is 0. The van der Waals surface area contributed by atoms with E-state index in [1.54, 1.807) is 6.92 Å². The molecule has 0 nitrogen and oxygen atoms in total. The Kier molecular flexibility index (Phi) is 7.12. The zero-order valence-electron chi connectivity index (χ0n) is 11.9. The van der Waals surface area contributed by atoms with Crippen LogP contribution in [-0.2, 0) is 5.41 Å². The second-order valence-corrected chi connectivity index (χ2v) is 4.89. The summed E-state index contributed by atoms with van der Waals surface area (Å²) < 4.78 is 0. The monoisotopic (exact) mass is 240 g/mol. The van der Waals surface area contributed by atoms with Crippen molar-refractivity contribution in [3.8, 4) is 36.0 Å². The van der Waals surface area contributed by atoms with E-state index in [0.717, 1.165) is 0 Å². The lowest BCUT2D eigenvalue weighted by molar-refractivity contribution is 0.590. The summed E-state index contributed by atoms with van der Waals surface area (Å²) in [6.07, 6.45) is 4.78. The summed E-state index contributed by atoms with van der Waals surface area (Å²) >= 11 is 0. The van der Waals surface area contributed by atoms with Gasteiger partial charge in [0, 0.05) is 2.85 Å². The standard InChI is InChI=1S/C11H16.C7H4.2H2/c1-9-6-5-7-10(8-9)11(2,3)4;1-3-5-7-6-4-2;;/h5-8H,1-4H3;1H,2H3;2*1H. The normalized spacial score (nSPS) is 8.44. The van der Waals surface area contributed by atoms with Crippen molar-refractivity contribution < 1.29 is 2.85 Å². The first-order valence-electron chi connectivity index (χ1n) is 5.86. The molecule has 0 aliphatic rings. The van der Waals surface area contributed by atoms with Crippen LogP contribution in [0.1, 0.15) is 41.7 Å². The van der Waals surface area contributed by atoms with Gasteiger partial charge < -0.3 is 0 Å². The molecule has 0 saturated carbocycles. The lowest BCUT2D eigenvalue weighted by Crippen LogP contribution is -2.10. The summed E-state index contributed by atoms with van der Waals surface area (Å²) in [5.74, 6) is 12.0. The zero-order valence-corrected chi connectivity index (χ0v) is 11.9. The molecule has 0 atom stereocenters. The third-order valence-electron chi connectivity index (χ3n) is 2.21. The van der Waals surface area contributed by atoms with Gasteiger partial charge in [0.1, 0.15) is 0 Å². The SMILES string of the molecule is C#CC#CC#CC.Cc1cccc(C(C)(C)C)c1.[HH].[HH].